The zero-order chi connectivity index (χ0) is 24.9. The predicted molar refractivity (Wildman–Crippen MR) is 146 cm³/mol. The Kier molecular flexibility index (Phi) is 6.52. The van der Waals surface area contributed by atoms with Crippen molar-refractivity contribution in [2.45, 2.75) is 120 Å². The van der Waals surface area contributed by atoms with E-state index < -0.39 is 5.97 Å². The van der Waals surface area contributed by atoms with Gasteiger partial charge in [-0.05, 0) is 88.3 Å². The maximum Gasteiger partial charge on any atom is 0.317 e. The largest absolute Gasteiger partial charge is 0.480 e. The number of carboxylic acid groups (broad SMARTS) is 1. The number of piperidine rings is 2. The van der Waals surface area contributed by atoms with Gasteiger partial charge >= 0.3 is 5.97 Å². The van der Waals surface area contributed by atoms with Gasteiger partial charge in [0, 0.05) is 24.2 Å². The van der Waals surface area contributed by atoms with E-state index in [1.807, 2.05) is 0 Å². The van der Waals surface area contributed by atoms with Crippen LogP contribution in [0.5, 0.6) is 0 Å². The number of imidazole rings is 1. The Morgan fingerprint density at radius 2 is 1.54 bits per heavy atom. The highest BCUT2D eigenvalue weighted by Crippen LogP contribution is 2.48. The van der Waals surface area contributed by atoms with E-state index in [1.54, 1.807) is 0 Å². The summed E-state index contributed by atoms with van der Waals surface area (Å²) in [5.41, 5.74) is 2.32. The lowest BCUT2D eigenvalue weighted by Crippen LogP contribution is -2.58. The number of benzene rings is 1. The van der Waals surface area contributed by atoms with Crippen molar-refractivity contribution in [2.75, 3.05) is 13.1 Å². The van der Waals surface area contributed by atoms with Crippen molar-refractivity contribution in [2.24, 2.45) is 11.8 Å². The van der Waals surface area contributed by atoms with E-state index in [4.69, 9.17) is 4.98 Å². The summed E-state index contributed by atoms with van der Waals surface area (Å²) in [5, 5.41) is 9.56. The Balaban J connectivity index is 1.20. The Bertz CT molecular complexity index is 1100. The lowest BCUT2D eigenvalue weighted by molar-refractivity contribution is -0.138. The molecule has 6 heteroatoms. The molecular formula is C31H44N4O2. The van der Waals surface area contributed by atoms with E-state index in [1.165, 1.54) is 82.6 Å². The predicted octanol–water partition coefficient (Wildman–Crippen LogP) is 6.17. The monoisotopic (exact) mass is 504 g/mol. The molecular weight excluding hydrogens is 460 g/mol. The summed E-state index contributed by atoms with van der Waals surface area (Å²) < 4.78 is 2.59. The van der Waals surface area contributed by atoms with Gasteiger partial charge in [0.05, 0.1) is 23.6 Å². The van der Waals surface area contributed by atoms with Gasteiger partial charge in [0.2, 0.25) is 0 Å². The van der Waals surface area contributed by atoms with Crippen LogP contribution in [0.25, 0.3) is 11.0 Å². The van der Waals surface area contributed by atoms with E-state index in [0.717, 1.165) is 48.6 Å². The van der Waals surface area contributed by atoms with Crippen molar-refractivity contribution in [1.82, 2.24) is 19.4 Å². The molecule has 37 heavy (non-hydrogen) atoms. The summed E-state index contributed by atoms with van der Waals surface area (Å²) in [6.45, 7) is 0.968. The highest BCUT2D eigenvalue weighted by atomic mass is 16.4. The van der Waals surface area contributed by atoms with Gasteiger partial charge in [-0.2, -0.15) is 0 Å². The molecule has 2 aromatic rings. The highest BCUT2D eigenvalue weighted by Gasteiger charge is 2.46. The Morgan fingerprint density at radius 3 is 2.27 bits per heavy atom. The van der Waals surface area contributed by atoms with Crippen LogP contribution in [0.2, 0.25) is 0 Å². The first-order valence-electron chi connectivity index (χ1n) is 15.3. The Labute approximate surface area is 221 Å². The number of fused-ring (bicyclic) bond motifs is 5. The van der Waals surface area contributed by atoms with Crippen LogP contribution in [0.1, 0.15) is 108 Å². The number of carboxylic acids is 1. The van der Waals surface area contributed by atoms with Crippen LogP contribution in [-0.4, -0.2) is 61.6 Å². The van der Waals surface area contributed by atoms with Gasteiger partial charge in [-0.25, -0.2) is 4.98 Å². The van der Waals surface area contributed by atoms with Crippen LogP contribution < -0.4 is 0 Å². The smallest absolute Gasteiger partial charge is 0.317 e. The first-order valence-corrected chi connectivity index (χ1v) is 15.3. The molecule has 5 fully saturated rings. The van der Waals surface area contributed by atoms with Gasteiger partial charge < -0.3 is 9.67 Å². The summed E-state index contributed by atoms with van der Waals surface area (Å²) in [6.07, 6.45) is 18.8. The molecule has 7 atom stereocenters. The van der Waals surface area contributed by atoms with E-state index in [2.05, 4.69) is 38.6 Å². The van der Waals surface area contributed by atoms with Crippen LogP contribution in [0.3, 0.4) is 0 Å². The quantitative estimate of drug-likeness (QED) is 0.527. The van der Waals surface area contributed by atoms with Crippen LogP contribution in [0.4, 0.5) is 0 Å². The number of carbonyl (C=O) groups is 1. The van der Waals surface area contributed by atoms with Gasteiger partial charge in [0.1, 0.15) is 5.82 Å². The number of rotatable bonds is 5. The van der Waals surface area contributed by atoms with Crippen molar-refractivity contribution in [3.8, 4) is 0 Å². The number of nitrogens with zero attached hydrogens (tertiary/aromatic N) is 4. The first-order chi connectivity index (χ1) is 18.1. The van der Waals surface area contributed by atoms with E-state index in [9.17, 15) is 9.90 Å². The molecule has 7 rings (SSSR count). The van der Waals surface area contributed by atoms with Crippen LogP contribution in [0.15, 0.2) is 24.3 Å². The second kappa shape index (κ2) is 10.00. The summed E-state index contributed by atoms with van der Waals surface area (Å²) >= 11 is 0. The topological polar surface area (TPSA) is 61.6 Å². The molecule has 2 aliphatic carbocycles. The molecule has 1 N–H and O–H groups in total. The Morgan fingerprint density at radius 1 is 0.811 bits per heavy atom. The molecule has 1 aromatic carbocycles. The SMILES string of the molecule is O=C(O)CN1CCC[C@H]1c1nc2ccccc2n1[C@H]1C[C@H]2CCC[C@@H](C1)N2[C@@H]1C[C@@H]2CCCC[C@@H](C2)C1. The minimum atomic E-state index is -0.731. The van der Waals surface area contributed by atoms with Gasteiger partial charge in [-0.3, -0.25) is 14.6 Å². The maximum absolute atomic E-state index is 11.6. The van der Waals surface area contributed by atoms with E-state index in [-0.39, 0.29) is 12.6 Å². The molecule has 4 bridgehead atoms. The fourth-order valence-electron chi connectivity index (χ4n) is 9.47. The van der Waals surface area contributed by atoms with Crippen molar-refractivity contribution in [1.29, 1.82) is 0 Å². The van der Waals surface area contributed by atoms with E-state index in [0.29, 0.717) is 18.1 Å². The number of likely N-dealkylation sites (tertiary alicyclic amines) is 1. The van der Waals surface area contributed by atoms with Crippen molar-refractivity contribution in [3.63, 3.8) is 0 Å². The van der Waals surface area contributed by atoms with Crippen molar-refractivity contribution < 1.29 is 9.90 Å². The standard InChI is InChI=1S/C31H44N4O2/c36-30(37)20-33-14-6-13-29(33)31-32-27-11-3-4-12-28(27)35(31)26-18-23-9-5-10-24(19-26)34(23)25-16-21-7-1-2-8-22(15-21)17-25/h3-4,11-12,21-26,29H,1-2,5-10,13-20H2,(H,36,37)/t21-,22+,23-,24+,25-,26+,29-/m0/s1. The highest BCUT2D eigenvalue weighted by molar-refractivity contribution is 5.76. The van der Waals surface area contributed by atoms with Gasteiger partial charge in [0.15, 0.2) is 0 Å². The third-order valence-corrected chi connectivity index (χ3v) is 10.8. The molecule has 1 aromatic heterocycles. The number of para-hydroxylation sites is 2. The van der Waals surface area contributed by atoms with Crippen molar-refractivity contribution in [3.05, 3.63) is 30.1 Å². The molecule has 5 aliphatic rings. The lowest BCUT2D eigenvalue weighted by atomic mass is 9.73. The lowest BCUT2D eigenvalue weighted by Gasteiger charge is -2.55. The molecule has 2 saturated carbocycles. The minimum Gasteiger partial charge on any atom is -0.480 e. The van der Waals surface area contributed by atoms with Crippen LogP contribution in [0, 0.1) is 11.8 Å². The number of hydrogen-bond donors (Lipinski definition) is 1. The molecule has 4 heterocycles. The number of aliphatic carboxylic acids is 1. The normalized spacial score (nSPS) is 37.0. The number of hydrogen-bond acceptors (Lipinski definition) is 4. The second-order valence-electron chi connectivity index (χ2n) is 13.0. The number of aromatic nitrogens is 2. The summed E-state index contributed by atoms with van der Waals surface area (Å²) in [5.74, 6) is 2.33. The average Bonchev–Trinajstić information content (AvgIpc) is 3.45. The van der Waals surface area contributed by atoms with Gasteiger partial charge in [0.25, 0.3) is 0 Å². The Hall–Kier alpha value is -1.92. The second-order valence-corrected chi connectivity index (χ2v) is 13.0. The van der Waals surface area contributed by atoms with Gasteiger partial charge in [-0.1, -0.05) is 44.2 Å². The fourth-order valence-corrected chi connectivity index (χ4v) is 9.47. The molecule has 200 valence electrons. The fraction of sp³-hybridized carbons (Fsp3) is 0.742. The van der Waals surface area contributed by atoms with Crippen molar-refractivity contribution >= 4 is 17.0 Å². The zero-order valence-electron chi connectivity index (χ0n) is 22.3. The van der Waals surface area contributed by atoms with Gasteiger partial charge in [-0.15, -0.1) is 0 Å². The zero-order valence-corrected chi connectivity index (χ0v) is 22.3. The summed E-state index contributed by atoms with van der Waals surface area (Å²) in [4.78, 5) is 22.0. The van der Waals surface area contributed by atoms with Crippen LogP contribution >= 0.6 is 0 Å². The molecule has 0 amide bonds. The summed E-state index contributed by atoms with van der Waals surface area (Å²) in [7, 11) is 0. The molecule has 6 nitrogen and oxygen atoms in total. The molecule has 3 aliphatic heterocycles. The maximum atomic E-state index is 11.6. The first kappa shape index (κ1) is 24.1. The molecule has 0 radical (unpaired) electrons. The molecule has 0 spiro atoms. The van der Waals surface area contributed by atoms with Crippen LogP contribution in [-0.2, 0) is 4.79 Å². The van der Waals surface area contributed by atoms with E-state index >= 15 is 0 Å². The third-order valence-electron chi connectivity index (χ3n) is 10.8. The minimum absolute atomic E-state index is 0.113. The average molecular weight is 505 g/mol. The third kappa shape index (κ3) is 4.52. The molecule has 0 unspecified atom stereocenters. The summed E-state index contributed by atoms with van der Waals surface area (Å²) in [6, 6.07) is 11.4. The molecule has 3 saturated heterocycles.